The molecule has 2 aromatic carbocycles. The third kappa shape index (κ3) is 2.71. The molecule has 0 amide bonds. The Balaban J connectivity index is 1.86. The fourth-order valence-corrected chi connectivity index (χ4v) is 3.16. The van der Waals surface area contributed by atoms with Crippen molar-refractivity contribution in [1.29, 1.82) is 0 Å². The van der Waals surface area contributed by atoms with Crippen molar-refractivity contribution in [3.8, 4) is 5.69 Å². The second-order valence-corrected chi connectivity index (χ2v) is 6.34. The number of aryl methyl sites for hydroxylation is 2. The van der Waals surface area contributed by atoms with E-state index in [0.29, 0.717) is 0 Å². The standard InChI is InChI=1S/C21H21N5/c1-4-25(17-8-6-5-7-9-17)20-19-13-24-26(21(19)23-14-22-20)18-11-10-15(2)16(3)12-18/h5-14H,4H2,1-3H3. The van der Waals surface area contributed by atoms with E-state index in [1.54, 1.807) is 6.33 Å². The first-order valence-electron chi connectivity index (χ1n) is 8.78. The van der Waals surface area contributed by atoms with Crippen LogP contribution in [0.15, 0.2) is 61.1 Å². The molecule has 0 atom stereocenters. The molecule has 4 rings (SSSR count). The van der Waals surface area contributed by atoms with Crippen molar-refractivity contribution in [1.82, 2.24) is 19.7 Å². The molecule has 0 saturated carbocycles. The van der Waals surface area contributed by atoms with Gasteiger partial charge >= 0.3 is 0 Å². The van der Waals surface area contributed by atoms with Crippen molar-refractivity contribution in [3.63, 3.8) is 0 Å². The number of hydrogen-bond acceptors (Lipinski definition) is 4. The molecule has 0 bridgehead atoms. The molecule has 0 spiro atoms. The zero-order valence-electron chi connectivity index (χ0n) is 15.2. The van der Waals surface area contributed by atoms with Gasteiger partial charge in [-0.15, -0.1) is 0 Å². The average molecular weight is 343 g/mol. The molecule has 2 heterocycles. The summed E-state index contributed by atoms with van der Waals surface area (Å²) in [5, 5.41) is 5.54. The summed E-state index contributed by atoms with van der Waals surface area (Å²) in [6.45, 7) is 7.15. The SMILES string of the molecule is CCN(c1ccccc1)c1ncnc2c1cnn2-c1ccc(C)c(C)c1. The molecule has 0 radical (unpaired) electrons. The lowest BCUT2D eigenvalue weighted by molar-refractivity contribution is 0.892. The molecule has 4 aromatic rings. The fraction of sp³-hybridized carbons (Fsp3) is 0.190. The van der Waals surface area contributed by atoms with Gasteiger partial charge in [0.05, 0.1) is 17.3 Å². The Bertz CT molecular complexity index is 1050. The number of fused-ring (bicyclic) bond motifs is 1. The Hall–Kier alpha value is -3.21. The van der Waals surface area contributed by atoms with Crippen LogP contribution in [0, 0.1) is 13.8 Å². The van der Waals surface area contributed by atoms with E-state index < -0.39 is 0 Å². The Labute approximate surface area is 152 Å². The van der Waals surface area contributed by atoms with Crippen LogP contribution in [0.4, 0.5) is 11.5 Å². The lowest BCUT2D eigenvalue weighted by Crippen LogP contribution is -2.17. The minimum Gasteiger partial charge on any atom is -0.326 e. The maximum atomic E-state index is 4.59. The maximum Gasteiger partial charge on any atom is 0.168 e. The molecule has 5 nitrogen and oxygen atoms in total. The smallest absolute Gasteiger partial charge is 0.168 e. The van der Waals surface area contributed by atoms with Gasteiger partial charge in [-0.1, -0.05) is 24.3 Å². The van der Waals surface area contributed by atoms with Gasteiger partial charge in [-0.3, -0.25) is 0 Å². The second kappa shape index (κ2) is 6.59. The number of rotatable bonds is 4. The number of aromatic nitrogens is 4. The number of hydrogen-bond donors (Lipinski definition) is 0. The molecule has 130 valence electrons. The fourth-order valence-electron chi connectivity index (χ4n) is 3.16. The van der Waals surface area contributed by atoms with E-state index in [4.69, 9.17) is 0 Å². The molecular formula is C21H21N5. The van der Waals surface area contributed by atoms with E-state index >= 15 is 0 Å². The quantitative estimate of drug-likeness (QED) is 0.544. The molecule has 0 aliphatic rings. The van der Waals surface area contributed by atoms with E-state index in [1.165, 1.54) is 11.1 Å². The van der Waals surface area contributed by atoms with Gasteiger partial charge < -0.3 is 4.90 Å². The summed E-state index contributed by atoms with van der Waals surface area (Å²) in [5.41, 5.74) is 5.43. The first-order chi connectivity index (χ1) is 12.7. The minimum atomic E-state index is 0.810. The van der Waals surface area contributed by atoms with E-state index in [2.05, 4.69) is 71.1 Å². The van der Waals surface area contributed by atoms with Gasteiger partial charge in [0.25, 0.3) is 0 Å². The number of benzene rings is 2. The molecule has 0 fully saturated rings. The molecule has 26 heavy (non-hydrogen) atoms. The molecule has 0 N–H and O–H groups in total. The largest absolute Gasteiger partial charge is 0.326 e. The Morgan fingerprint density at radius 1 is 0.962 bits per heavy atom. The molecule has 0 saturated heterocycles. The van der Waals surface area contributed by atoms with Crippen molar-refractivity contribution in [2.24, 2.45) is 0 Å². The van der Waals surface area contributed by atoms with Crippen LogP contribution in [0.1, 0.15) is 18.1 Å². The van der Waals surface area contributed by atoms with Crippen LogP contribution in [0.2, 0.25) is 0 Å². The summed E-state index contributed by atoms with van der Waals surface area (Å²) in [6.07, 6.45) is 3.47. The summed E-state index contributed by atoms with van der Waals surface area (Å²) in [4.78, 5) is 11.2. The molecule has 0 aliphatic carbocycles. The van der Waals surface area contributed by atoms with Gasteiger partial charge in [0.15, 0.2) is 5.65 Å². The van der Waals surface area contributed by atoms with E-state index in [-0.39, 0.29) is 0 Å². The third-order valence-electron chi connectivity index (χ3n) is 4.72. The van der Waals surface area contributed by atoms with Crippen LogP contribution < -0.4 is 4.90 Å². The Morgan fingerprint density at radius 3 is 2.50 bits per heavy atom. The van der Waals surface area contributed by atoms with Crippen molar-refractivity contribution in [2.75, 3.05) is 11.4 Å². The number of nitrogens with zero attached hydrogens (tertiary/aromatic N) is 5. The van der Waals surface area contributed by atoms with E-state index in [9.17, 15) is 0 Å². The van der Waals surface area contributed by atoms with Crippen LogP contribution >= 0.6 is 0 Å². The van der Waals surface area contributed by atoms with Crippen molar-refractivity contribution in [2.45, 2.75) is 20.8 Å². The Morgan fingerprint density at radius 2 is 1.77 bits per heavy atom. The highest BCUT2D eigenvalue weighted by atomic mass is 15.3. The van der Waals surface area contributed by atoms with Gasteiger partial charge in [-0.05, 0) is 56.2 Å². The van der Waals surface area contributed by atoms with Crippen molar-refractivity contribution < 1.29 is 0 Å². The average Bonchev–Trinajstić information content (AvgIpc) is 3.10. The van der Waals surface area contributed by atoms with Gasteiger partial charge in [-0.2, -0.15) is 5.10 Å². The summed E-state index contributed by atoms with van der Waals surface area (Å²) in [7, 11) is 0. The zero-order chi connectivity index (χ0) is 18.1. The van der Waals surface area contributed by atoms with Crippen LogP contribution in [0.3, 0.4) is 0 Å². The van der Waals surface area contributed by atoms with Crippen LogP contribution in [-0.4, -0.2) is 26.3 Å². The Kier molecular flexibility index (Phi) is 4.13. The highest BCUT2D eigenvalue weighted by molar-refractivity contribution is 5.90. The van der Waals surface area contributed by atoms with Gasteiger partial charge in [0.2, 0.25) is 0 Å². The lowest BCUT2D eigenvalue weighted by Gasteiger charge is -2.22. The summed E-state index contributed by atoms with van der Waals surface area (Å²) >= 11 is 0. The molecule has 2 aromatic heterocycles. The first kappa shape index (κ1) is 16.3. The topological polar surface area (TPSA) is 46.8 Å². The van der Waals surface area contributed by atoms with Gasteiger partial charge in [0.1, 0.15) is 12.1 Å². The maximum absolute atomic E-state index is 4.59. The zero-order valence-corrected chi connectivity index (χ0v) is 15.2. The number of para-hydroxylation sites is 1. The van der Waals surface area contributed by atoms with Crippen molar-refractivity contribution in [3.05, 3.63) is 72.2 Å². The lowest BCUT2D eigenvalue weighted by atomic mass is 10.1. The minimum absolute atomic E-state index is 0.810. The van der Waals surface area contributed by atoms with E-state index in [0.717, 1.165) is 34.8 Å². The first-order valence-corrected chi connectivity index (χ1v) is 8.78. The highest BCUT2D eigenvalue weighted by Crippen LogP contribution is 2.30. The van der Waals surface area contributed by atoms with Crippen LogP contribution in [0.5, 0.6) is 0 Å². The molecule has 0 unspecified atom stereocenters. The van der Waals surface area contributed by atoms with Crippen LogP contribution in [0.25, 0.3) is 16.7 Å². The summed E-state index contributed by atoms with van der Waals surface area (Å²) < 4.78 is 1.88. The monoisotopic (exact) mass is 343 g/mol. The summed E-state index contributed by atoms with van der Waals surface area (Å²) in [5.74, 6) is 0.874. The van der Waals surface area contributed by atoms with Crippen molar-refractivity contribution >= 4 is 22.5 Å². The predicted octanol–water partition coefficient (Wildman–Crippen LogP) is 4.59. The molecule has 0 aliphatic heterocycles. The van der Waals surface area contributed by atoms with Gasteiger partial charge in [0, 0.05) is 12.2 Å². The molecular weight excluding hydrogens is 322 g/mol. The predicted molar refractivity (Wildman–Crippen MR) is 105 cm³/mol. The normalized spacial score (nSPS) is 11.0. The highest BCUT2D eigenvalue weighted by Gasteiger charge is 2.16. The second-order valence-electron chi connectivity index (χ2n) is 6.34. The molecule has 5 heteroatoms. The van der Waals surface area contributed by atoms with Crippen LogP contribution in [-0.2, 0) is 0 Å². The number of anilines is 2. The van der Waals surface area contributed by atoms with Gasteiger partial charge in [-0.25, -0.2) is 14.6 Å². The summed E-state index contributed by atoms with van der Waals surface area (Å²) in [6, 6.07) is 16.6. The third-order valence-corrected chi connectivity index (χ3v) is 4.72. The van der Waals surface area contributed by atoms with E-state index in [1.807, 2.05) is 29.1 Å².